The average molecular weight is 344 g/mol. The maximum absolute atomic E-state index is 11.8. The number of nitrogens with zero attached hydrogens (tertiary/aromatic N) is 2. The molecule has 1 amide bonds. The number of hydrogen-bond acceptors (Lipinski definition) is 6. The molecule has 3 rings (SSSR count). The van der Waals surface area contributed by atoms with E-state index in [2.05, 4.69) is 16.4 Å². The van der Waals surface area contributed by atoms with Gasteiger partial charge in [-0.2, -0.15) is 5.26 Å². The summed E-state index contributed by atoms with van der Waals surface area (Å²) in [5.41, 5.74) is 8.56. The van der Waals surface area contributed by atoms with E-state index in [0.29, 0.717) is 16.1 Å². The number of anilines is 1. The second-order valence-corrected chi connectivity index (χ2v) is 7.35. The number of nitrogens with one attached hydrogen (secondary N) is 1. The molecule has 2 aromatic heterocycles. The van der Waals surface area contributed by atoms with Gasteiger partial charge in [0, 0.05) is 22.2 Å². The Kier molecular flexibility index (Phi) is 4.46. The zero-order valence-corrected chi connectivity index (χ0v) is 14.3. The van der Waals surface area contributed by atoms with Crippen molar-refractivity contribution in [2.75, 3.05) is 5.32 Å². The van der Waals surface area contributed by atoms with Crippen molar-refractivity contribution in [1.82, 2.24) is 4.98 Å². The van der Waals surface area contributed by atoms with E-state index < -0.39 is 5.91 Å². The highest BCUT2D eigenvalue weighted by Crippen LogP contribution is 2.38. The Morgan fingerprint density at radius 2 is 2.26 bits per heavy atom. The molecule has 0 aromatic carbocycles. The number of nitriles is 1. The minimum Gasteiger partial charge on any atom is -0.365 e. The molecular weight excluding hydrogens is 328 g/mol. The van der Waals surface area contributed by atoms with Gasteiger partial charge in [0.15, 0.2) is 0 Å². The van der Waals surface area contributed by atoms with Gasteiger partial charge in [-0.1, -0.05) is 0 Å². The molecule has 118 valence electrons. The van der Waals surface area contributed by atoms with Gasteiger partial charge in [-0.25, -0.2) is 4.98 Å². The van der Waals surface area contributed by atoms with Crippen LogP contribution in [0.1, 0.15) is 44.3 Å². The fourth-order valence-corrected chi connectivity index (χ4v) is 4.71. The summed E-state index contributed by atoms with van der Waals surface area (Å²) in [7, 11) is 0. The fraction of sp³-hybridized carbons (Fsp3) is 0.312. The minimum atomic E-state index is -0.413. The highest BCUT2D eigenvalue weighted by Gasteiger charge is 2.23. The average Bonchev–Trinajstić information content (AvgIpc) is 3.11. The Balaban J connectivity index is 1.93. The number of nitrogens with two attached hydrogens (primary N) is 1. The van der Waals surface area contributed by atoms with Crippen LogP contribution >= 0.6 is 22.7 Å². The first kappa shape index (κ1) is 15.7. The van der Waals surface area contributed by atoms with Crippen LogP contribution in [0.5, 0.6) is 0 Å². The molecule has 7 heteroatoms. The molecule has 0 unspecified atom stereocenters. The number of thiazole rings is 1. The smallest absolute Gasteiger partial charge is 0.251 e. The van der Waals surface area contributed by atoms with Crippen molar-refractivity contribution in [3.63, 3.8) is 0 Å². The topological polar surface area (TPSA) is 91.8 Å². The maximum atomic E-state index is 11.8. The fourth-order valence-electron chi connectivity index (χ4n) is 2.69. The lowest BCUT2D eigenvalue weighted by Crippen LogP contribution is -2.15. The molecule has 0 fully saturated rings. The first-order valence-corrected chi connectivity index (χ1v) is 9.03. The van der Waals surface area contributed by atoms with Gasteiger partial charge in [0.1, 0.15) is 21.7 Å². The molecule has 2 aromatic rings. The number of hydrogen-bond donors (Lipinski definition) is 2. The van der Waals surface area contributed by atoms with Gasteiger partial charge in [0.2, 0.25) is 0 Å². The summed E-state index contributed by atoms with van der Waals surface area (Å²) in [6, 6.07) is 2.15. The molecule has 1 aliphatic rings. The number of thiophene rings is 1. The van der Waals surface area contributed by atoms with Crippen molar-refractivity contribution in [1.29, 1.82) is 5.26 Å². The van der Waals surface area contributed by atoms with E-state index in [-0.39, 0.29) is 0 Å². The quantitative estimate of drug-likeness (QED) is 0.831. The molecule has 1 aliphatic carbocycles. The number of fused-ring (bicyclic) bond motifs is 1. The molecular formula is C16H16N4OS2. The highest BCUT2D eigenvalue weighted by molar-refractivity contribution is 7.16. The van der Waals surface area contributed by atoms with Gasteiger partial charge in [-0.05, 0) is 38.2 Å². The summed E-state index contributed by atoms with van der Waals surface area (Å²) >= 11 is 2.99. The number of amides is 1. The molecule has 0 atom stereocenters. The van der Waals surface area contributed by atoms with E-state index in [1.54, 1.807) is 17.5 Å². The Labute approximate surface area is 142 Å². The number of primary amides is 1. The zero-order chi connectivity index (χ0) is 16.4. The Morgan fingerprint density at radius 3 is 2.91 bits per heavy atom. The SMILES string of the molecule is Cc1csc(/C(C#N)=C/Nc2sc3c(c2C(N)=O)CCCC3)n1. The van der Waals surface area contributed by atoms with Gasteiger partial charge in [0.25, 0.3) is 5.91 Å². The first-order valence-electron chi connectivity index (χ1n) is 7.33. The minimum absolute atomic E-state index is 0.413. The summed E-state index contributed by atoms with van der Waals surface area (Å²) in [5.74, 6) is -0.413. The first-order chi connectivity index (χ1) is 11.1. The number of aromatic nitrogens is 1. The molecule has 0 bridgehead atoms. The largest absolute Gasteiger partial charge is 0.365 e. The second-order valence-electron chi connectivity index (χ2n) is 5.39. The molecule has 0 aliphatic heterocycles. The number of rotatable bonds is 4. The van der Waals surface area contributed by atoms with E-state index in [9.17, 15) is 10.1 Å². The van der Waals surface area contributed by atoms with Crippen LogP contribution in [-0.2, 0) is 12.8 Å². The van der Waals surface area contributed by atoms with Crippen LogP contribution in [0.15, 0.2) is 11.6 Å². The predicted molar refractivity (Wildman–Crippen MR) is 93.5 cm³/mol. The zero-order valence-electron chi connectivity index (χ0n) is 12.7. The van der Waals surface area contributed by atoms with Crippen molar-refractivity contribution in [3.05, 3.63) is 38.3 Å². The van der Waals surface area contributed by atoms with Gasteiger partial charge in [-0.15, -0.1) is 22.7 Å². The number of carbonyl (C=O) groups is 1. The van der Waals surface area contributed by atoms with E-state index in [0.717, 1.165) is 41.9 Å². The predicted octanol–water partition coefficient (Wildman–Crippen LogP) is 3.47. The standard InChI is InChI=1S/C16H16N4OS2/c1-9-8-22-15(20-9)10(6-17)7-19-16-13(14(18)21)11-4-2-3-5-12(11)23-16/h7-8,19H,2-5H2,1H3,(H2,18,21)/b10-7+. The number of carbonyl (C=O) groups excluding carboxylic acids is 1. The monoisotopic (exact) mass is 344 g/mol. The van der Waals surface area contributed by atoms with Crippen molar-refractivity contribution in [2.24, 2.45) is 5.73 Å². The van der Waals surface area contributed by atoms with Crippen LogP contribution in [0.4, 0.5) is 5.00 Å². The molecule has 5 nitrogen and oxygen atoms in total. The van der Waals surface area contributed by atoms with Gasteiger partial charge in [-0.3, -0.25) is 4.79 Å². The van der Waals surface area contributed by atoms with Crippen LogP contribution in [0, 0.1) is 18.3 Å². The highest BCUT2D eigenvalue weighted by atomic mass is 32.1. The summed E-state index contributed by atoms with van der Waals surface area (Å²) < 4.78 is 0. The van der Waals surface area contributed by atoms with Crippen LogP contribution in [0.3, 0.4) is 0 Å². The summed E-state index contributed by atoms with van der Waals surface area (Å²) in [6.45, 7) is 1.89. The Morgan fingerprint density at radius 1 is 1.48 bits per heavy atom. The Bertz CT molecular complexity index is 826. The van der Waals surface area contributed by atoms with E-state index in [1.807, 2.05) is 12.3 Å². The van der Waals surface area contributed by atoms with Gasteiger partial charge in [0.05, 0.1) is 5.56 Å². The van der Waals surface area contributed by atoms with Crippen molar-refractivity contribution in [3.8, 4) is 6.07 Å². The second kappa shape index (κ2) is 6.52. The van der Waals surface area contributed by atoms with Gasteiger partial charge >= 0.3 is 0 Å². The van der Waals surface area contributed by atoms with E-state index in [1.165, 1.54) is 16.2 Å². The molecule has 0 saturated carbocycles. The Hall–Kier alpha value is -2.17. The molecule has 0 radical (unpaired) electrons. The third-order valence-corrected chi connectivity index (χ3v) is 5.95. The lowest BCUT2D eigenvalue weighted by molar-refractivity contribution is 0.100. The van der Waals surface area contributed by atoms with Crippen LogP contribution in [0.25, 0.3) is 5.57 Å². The van der Waals surface area contributed by atoms with Crippen molar-refractivity contribution < 1.29 is 4.79 Å². The van der Waals surface area contributed by atoms with Crippen LogP contribution < -0.4 is 11.1 Å². The van der Waals surface area contributed by atoms with Crippen LogP contribution in [0.2, 0.25) is 0 Å². The van der Waals surface area contributed by atoms with Crippen LogP contribution in [-0.4, -0.2) is 10.9 Å². The molecule has 0 spiro atoms. The summed E-state index contributed by atoms with van der Waals surface area (Å²) in [4.78, 5) is 17.4. The molecule has 3 N–H and O–H groups in total. The molecule has 2 heterocycles. The molecule has 0 saturated heterocycles. The molecule has 23 heavy (non-hydrogen) atoms. The van der Waals surface area contributed by atoms with E-state index >= 15 is 0 Å². The summed E-state index contributed by atoms with van der Waals surface area (Å²) in [5, 5.41) is 15.7. The summed E-state index contributed by atoms with van der Waals surface area (Å²) in [6.07, 6.45) is 5.72. The lowest BCUT2D eigenvalue weighted by atomic mass is 9.95. The third kappa shape index (κ3) is 3.14. The van der Waals surface area contributed by atoms with E-state index in [4.69, 9.17) is 5.73 Å². The van der Waals surface area contributed by atoms with Gasteiger partial charge < -0.3 is 11.1 Å². The lowest BCUT2D eigenvalue weighted by Gasteiger charge is -2.11. The number of allylic oxidation sites excluding steroid dienone is 1. The third-order valence-electron chi connectivity index (χ3n) is 3.74. The maximum Gasteiger partial charge on any atom is 0.251 e. The number of aryl methyl sites for hydroxylation is 2. The van der Waals surface area contributed by atoms with Crippen molar-refractivity contribution in [2.45, 2.75) is 32.6 Å². The normalized spacial score (nSPS) is 14.2. The van der Waals surface area contributed by atoms with Crippen molar-refractivity contribution >= 4 is 39.2 Å².